The molecule has 3 heteroatoms. The highest BCUT2D eigenvalue weighted by molar-refractivity contribution is 8.05. The van der Waals surface area contributed by atoms with Gasteiger partial charge in [0.1, 0.15) is 0 Å². The van der Waals surface area contributed by atoms with Crippen molar-refractivity contribution in [2.45, 2.75) is 6.42 Å². The van der Waals surface area contributed by atoms with Crippen LogP contribution in [-0.2, 0) is 0 Å². The summed E-state index contributed by atoms with van der Waals surface area (Å²) in [6.07, 6.45) is 5.20. The average molecular weight is 231 g/mol. The summed E-state index contributed by atoms with van der Waals surface area (Å²) in [7, 11) is 0. The molecule has 1 heterocycles. The van der Waals surface area contributed by atoms with E-state index in [2.05, 4.69) is 22.9 Å². The smallest absolute Gasteiger partial charge is 0.251 e. The minimum Gasteiger partial charge on any atom is -0.347 e. The normalized spacial score (nSPS) is 14.4. The summed E-state index contributed by atoms with van der Waals surface area (Å²) in [5.74, 6) is -0.0170. The van der Waals surface area contributed by atoms with Gasteiger partial charge in [0.05, 0.1) is 0 Å². The Balaban J connectivity index is 1.87. The summed E-state index contributed by atoms with van der Waals surface area (Å²) in [6, 6.07) is 9.27. The van der Waals surface area contributed by atoms with E-state index >= 15 is 0 Å². The van der Waals surface area contributed by atoms with Crippen LogP contribution in [0.25, 0.3) is 0 Å². The quantitative estimate of drug-likeness (QED) is 0.866. The van der Waals surface area contributed by atoms with Crippen molar-refractivity contribution in [2.24, 2.45) is 0 Å². The average Bonchev–Trinajstić information content (AvgIpc) is 2.38. The molecule has 0 spiro atoms. The number of allylic oxidation sites excluding steroid dienone is 2. The zero-order chi connectivity index (χ0) is 11.2. The molecule has 16 heavy (non-hydrogen) atoms. The van der Waals surface area contributed by atoms with E-state index < -0.39 is 0 Å². The molecule has 0 saturated heterocycles. The van der Waals surface area contributed by atoms with E-state index in [0.29, 0.717) is 12.1 Å². The van der Waals surface area contributed by atoms with Gasteiger partial charge in [0.15, 0.2) is 0 Å². The second-order valence-corrected chi connectivity index (χ2v) is 4.48. The van der Waals surface area contributed by atoms with Gasteiger partial charge in [-0.25, -0.2) is 0 Å². The summed E-state index contributed by atoms with van der Waals surface area (Å²) in [4.78, 5) is 12.9. The molecule has 0 fully saturated rings. The Morgan fingerprint density at radius 3 is 2.81 bits per heavy atom. The minimum absolute atomic E-state index is 0.0170. The first kappa shape index (κ1) is 11.0. The number of carbonyl (C=O) groups is 1. The molecule has 0 unspecified atom stereocenters. The fourth-order valence-corrected chi connectivity index (χ4v) is 2.14. The highest BCUT2D eigenvalue weighted by atomic mass is 32.2. The SMILES string of the molecule is O=C(NCC1=CCC=CS1)c1ccccc1. The molecule has 0 bridgehead atoms. The summed E-state index contributed by atoms with van der Waals surface area (Å²) >= 11 is 1.67. The largest absolute Gasteiger partial charge is 0.347 e. The first-order chi connectivity index (χ1) is 7.86. The van der Waals surface area contributed by atoms with Crippen LogP contribution in [0.5, 0.6) is 0 Å². The Kier molecular flexibility index (Phi) is 3.83. The van der Waals surface area contributed by atoms with Crippen molar-refractivity contribution in [3.8, 4) is 0 Å². The number of amides is 1. The van der Waals surface area contributed by atoms with Gasteiger partial charge in [0, 0.05) is 17.0 Å². The molecule has 0 aliphatic carbocycles. The van der Waals surface area contributed by atoms with Crippen LogP contribution in [0.3, 0.4) is 0 Å². The van der Waals surface area contributed by atoms with Crippen LogP contribution >= 0.6 is 11.8 Å². The molecule has 0 saturated carbocycles. The Hall–Kier alpha value is -1.48. The number of carbonyl (C=O) groups excluding carboxylic acids is 1. The van der Waals surface area contributed by atoms with Gasteiger partial charge in [0.25, 0.3) is 5.91 Å². The van der Waals surface area contributed by atoms with Gasteiger partial charge in [-0.05, 0) is 24.0 Å². The van der Waals surface area contributed by atoms with Crippen molar-refractivity contribution in [1.29, 1.82) is 0 Å². The van der Waals surface area contributed by atoms with Crippen molar-refractivity contribution >= 4 is 17.7 Å². The van der Waals surface area contributed by atoms with Gasteiger partial charge in [-0.1, -0.05) is 30.4 Å². The second kappa shape index (κ2) is 5.56. The van der Waals surface area contributed by atoms with E-state index in [1.807, 2.05) is 30.3 Å². The van der Waals surface area contributed by atoms with Crippen molar-refractivity contribution < 1.29 is 4.79 Å². The molecular weight excluding hydrogens is 218 g/mol. The van der Waals surface area contributed by atoms with Gasteiger partial charge >= 0.3 is 0 Å². The second-order valence-electron chi connectivity index (χ2n) is 3.44. The highest BCUT2D eigenvalue weighted by Crippen LogP contribution is 2.21. The molecule has 1 aromatic carbocycles. The van der Waals surface area contributed by atoms with Crippen molar-refractivity contribution in [3.63, 3.8) is 0 Å². The summed E-state index contributed by atoms with van der Waals surface area (Å²) in [5, 5.41) is 4.97. The van der Waals surface area contributed by atoms with E-state index in [9.17, 15) is 4.79 Å². The van der Waals surface area contributed by atoms with Gasteiger partial charge in [-0.2, -0.15) is 0 Å². The maximum Gasteiger partial charge on any atom is 0.251 e. The van der Waals surface area contributed by atoms with Crippen LogP contribution in [0, 0.1) is 0 Å². The van der Waals surface area contributed by atoms with Gasteiger partial charge in [-0.3, -0.25) is 4.79 Å². The molecule has 1 aliphatic heterocycles. The fraction of sp³-hybridized carbons (Fsp3) is 0.154. The van der Waals surface area contributed by atoms with E-state index in [1.54, 1.807) is 11.8 Å². The number of hydrogen-bond donors (Lipinski definition) is 1. The van der Waals surface area contributed by atoms with Crippen LogP contribution in [-0.4, -0.2) is 12.5 Å². The monoisotopic (exact) mass is 231 g/mol. The lowest BCUT2D eigenvalue weighted by Gasteiger charge is -2.09. The van der Waals surface area contributed by atoms with Crippen LogP contribution in [0.1, 0.15) is 16.8 Å². The molecule has 82 valence electrons. The standard InChI is InChI=1S/C13H13NOS/c15-13(11-6-2-1-3-7-11)14-10-12-8-4-5-9-16-12/h1-3,5-9H,4,10H2,(H,14,15). The van der Waals surface area contributed by atoms with E-state index in [-0.39, 0.29) is 5.91 Å². The topological polar surface area (TPSA) is 29.1 Å². The molecule has 1 aromatic rings. The fourth-order valence-electron chi connectivity index (χ4n) is 1.41. The number of hydrogen-bond acceptors (Lipinski definition) is 2. The maximum atomic E-state index is 11.7. The Bertz CT molecular complexity index is 423. The predicted octanol–water partition coefficient (Wildman–Crippen LogP) is 2.95. The van der Waals surface area contributed by atoms with E-state index in [1.165, 1.54) is 4.91 Å². The third-order valence-electron chi connectivity index (χ3n) is 2.26. The van der Waals surface area contributed by atoms with Crippen LogP contribution < -0.4 is 5.32 Å². The zero-order valence-corrected chi connectivity index (χ0v) is 9.67. The maximum absolute atomic E-state index is 11.7. The molecule has 1 amide bonds. The molecule has 2 nitrogen and oxygen atoms in total. The highest BCUT2D eigenvalue weighted by Gasteiger charge is 2.05. The predicted molar refractivity (Wildman–Crippen MR) is 68.2 cm³/mol. The Morgan fingerprint density at radius 2 is 2.12 bits per heavy atom. The first-order valence-corrected chi connectivity index (χ1v) is 6.08. The molecule has 1 aliphatic rings. The van der Waals surface area contributed by atoms with Crippen molar-refractivity contribution in [3.05, 3.63) is 58.4 Å². The van der Waals surface area contributed by atoms with Gasteiger partial charge in [0.2, 0.25) is 0 Å². The molecule has 2 rings (SSSR count). The van der Waals surface area contributed by atoms with Crippen molar-refractivity contribution in [1.82, 2.24) is 5.32 Å². The lowest BCUT2D eigenvalue weighted by molar-refractivity contribution is 0.0957. The lowest BCUT2D eigenvalue weighted by atomic mass is 10.2. The van der Waals surface area contributed by atoms with E-state index in [0.717, 1.165) is 6.42 Å². The molecule has 0 radical (unpaired) electrons. The van der Waals surface area contributed by atoms with E-state index in [4.69, 9.17) is 0 Å². The van der Waals surface area contributed by atoms with Crippen molar-refractivity contribution in [2.75, 3.05) is 6.54 Å². The zero-order valence-electron chi connectivity index (χ0n) is 8.85. The summed E-state index contributed by atoms with van der Waals surface area (Å²) in [5.41, 5.74) is 0.708. The van der Waals surface area contributed by atoms with Crippen LogP contribution in [0.4, 0.5) is 0 Å². The molecule has 0 atom stereocenters. The molecule has 0 aromatic heterocycles. The van der Waals surface area contributed by atoms with Gasteiger partial charge in [-0.15, -0.1) is 11.8 Å². The Morgan fingerprint density at radius 1 is 1.31 bits per heavy atom. The third-order valence-corrected chi connectivity index (χ3v) is 3.20. The minimum atomic E-state index is -0.0170. The summed E-state index contributed by atoms with van der Waals surface area (Å²) < 4.78 is 0. The molecule has 1 N–H and O–H groups in total. The number of benzene rings is 1. The number of nitrogens with one attached hydrogen (secondary N) is 1. The summed E-state index contributed by atoms with van der Waals surface area (Å²) in [6.45, 7) is 0.614. The van der Waals surface area contributed by atoms with Gasteiger partial charge < -0.3 is 5.32 Å². The van der Waals surface area contributed by atoms with Crippen LogP contribution in [0.2, 0.25) is 0 Å². The third kappa shape index (κ3) is 3.00. The molecular formula is C13H13NOS. The number of rotatable bonds is 3. The first-order valence-electron chi connectivity index (χ1n) is 5.20. The Labute approximate surface area is 99.4 Å². The van der Waals surface area contributed by atoms with Crippen LogP contribution in [0.15, 0.2) is 52.8 Å². The lowest BCUT2D eigenvalue weighted by Crippen LogP contribution is -2.25. The number of thioether (sulfide) groups is 1.